The summed E-state index contributed by atoms with van der Waals surface area (Å²) in [7, 11) is -3.13. The van der Waals surface area contributed by atoms with E-state index in [1.165, 1.54) is 0 Å². The van der Waals surface area contributed by atoms with Crippen LogP contribution in [0.4, 0.5) is 17.1 Å². The van der Waals surface area contributed by atoms with Crippen molar-refractivity contribution in [1.29, 1.82) is 0 Å². The number of morpholine rings is 1. The monoisotopic (exact) mass is 392 g/mol. The minimum Gasteiger partial charge on any atom is -0.508 e. The molecule has 0 amide bonds. The zero-order valence-corrected chi connectivity index (χ0v) is 16.2. The first kappa shape index (κ1) is 17.4. The molecule has 28 heavy (non-hydrogen) atoms. The third-order valence-electron chi connectivity index (χ3n) is 5.41. The van der Waals surface area contributed by atoms with Crippen LogP contribution in [0.15, 0.2) is 66.7 Å². The molecular weight excluding hydrogens is 371 g/mol. The smallest absolute Gasteiger partial charge is 0.175 e. The molecule has 0 spiro atoms. The minimum absolute atomic E-state index is 0.115. The van der Waals surface area contributed by atoms with Crippen LogP contribution in [0.2, 0.25) is 0 Å². The molecule has 2 N–H and O–H groups in total. The highest BCUT2D eigenvalue weighted by molar-refractivity contribution is 7.86. The summed E-state index contributed by atoms with van der Waals surface area (Å²) in [6.45, 7) is 3.03. The second-order valence-electron chi connectivity index (χ2n) is 7.07. The molecule has 3 aromatic carbocycles. The predicted octanol–water partition coefficient (Wildman–Crippen LogP) is 2.93. The Hall–Kier alpha value is -2.75. The Morgan fingerprint density at radius 3 is 2.32 bits per heavy atom. The second-order valence-corrected chi connectivity index (χ2v) is 9.77. The first-order valence-corrected chi connectivity index (χ1v) is 11.1. The van der Waals surface area contributed by atoms with Crippen LogP contribution in [0.1, 0.15) is 0 Å². The number of anilines is 3. The summed E-state index contributed by atoms with van der Waals surface area (Å²) in [5, 5.41) is 15.7. The molecule has 5 rings (SSSR count). The van der Waals surface area contributed by atoms with E-state index in [0.29, 0.717) is 18.5 Å². The maximum absolute atomic E-state index is 14.7. The van der Waals surface area contributed by atoms with Gasteiger partial charge in [-0.05, 0) is 36.4 Å². The quantitative estimate of drug-likeness (QED) is 0.406. The maximum atomic E-state index is 14.7. The molecule has 6 heteroatoms. The normalized spacial score (nSPS) is 20.8. The number of hydrogen-bond acceptors (Lipinski definition) is 5. The molecule has 1 fully saturated rings. The summed E-state index contributed by atoms with van der Waals surface area (Å²) >= 11 is 0. The van der Waals surface area contributed by atoms with Gasteiger partial charge in [-0.1, -0.05) is 30.3 Å². The number of fused-ring (bicyclic) bond motifs is 2. The summed E-state index contributed by atoms with van der Waals surface area (Å²) in [6.07, 6.45) is 0. The molecular formula is C22H21N2O3P. The number of nitrogens with one attached hydrogen (secondary N) is 1. The summed E-state index contributed by atoms with van der Waals surface area (Å²) in [5.74, 6) is 0.115. The zero-order chi connectivity index (χ0) is 19.1. The number of ether oxygens (including phenoxy) is 1. The average molecular weight is 392 g/mol. The molecule has 2 aliphatic heterocycles. The number of phenols is 1. The lowest BCUT2D eigenvalue weighted by Gasteiger charge is -2.33. The van der Waals surface area contributed by atoms with Crippen LogP contribution >= 0.6 is 7.14 Å². The van der Waals surface area contributed by atoms with Crippen molar-refractivity contribution in [3.63, 3.8) is 0 Å². The van der Waals surface area contributed by atoms with Gasteiger partial charge in [0, 0.05) is 34.7 Å². The highest BCUT2D eigenvalue weighted by Crippen LogP contribution is 2.51. The minimum atomic E-state index is -3.13. The van der Waals surface area contributed by atoms with Crippen molar-refractivity contribution in [1.82, 2.24) is 0 Å². The van der Waals surface area contributed by atoms with Gasteiger partial charge in [-0.3, -0.25) is 0 Å². The largest absolute Gasteiger partial charge is 0.508 e. The molecule has 0 bridgehead atoms. The Labute approximate surface area is 164 Å². The molecule has 0 aromatic heterocycles. The predicted molar refractivity (Wildman–Crippen MR) is 114 cm³/mol. The zero-order valence-electron chi connectivity index (χ0n) is 15.3. The van der Waals surface area contributed by atoms with Crippen molar-refractivity contribution >= 4 is 40.1 Å². The van der Waals surface area contributed by atoms with Crippen LogP contribution in [0.3, 0.4) is 0 Å². The molecule has 3 aromatic rings. The number of aromatic hydroxyl groups is 1. The van der Waals surface area contributed by atoms with Crippen LogP contribution < -0.4 is 26.1 Å². The first-order chi connectivity index (χ1) is 13.7. The van der Waals surface area contributed by atoms with Crippen LogP contribution in [0, 0.1) is 0 Å². The number of rotatable bonds is 2. The van der Waals surface area contributed by atoms with Crippen molar-refractivity contribution in [3.05, 3.63) is 66.7 Å². The summed E-state index contributed by atoms with van der Waals surface area (Å²) in [5.41, 5.74) is 2.67. The highest BCUT2D eigenvalue weighted by Gasteiger charge is 2.38. The Bertz CT molecular complexity index is 1080. The van der Waals surface area contributed by atoms with Crippen LogP contribution in [0.5, 0.6) is 5.75 Å². The van der Waals surface area contributed by atoms with Gasteiger partial charge < -0.3 is 24.6 Å². The molecule has 0 saturated carbocycles. The van der Waals surface area contributed by atoms with Gasteiger partial charge >= 0.3 is 0 Å². The summed E-state index contributed by atoms with van der Waals surface area (Å²) in [6, 6.07) is 20.7. The van der Waals surface area contributed by atoms with Crippen molar-refractivity contribution in [2.24, 2.45) is 0 Å². The van der Waals surface area contributed by atoms with Crippen molar-refractivity contribution in [3.8, 4) is 5.75 Å². The Kier molecular flexibility index (Phi) is 4.15. The number of phenolic OH excluding ortho intramolecular Hbond substituents is 1. The van der Waals surface area contributed by atoms with E-state index in [2.05, 4.69) is 16.3 Å². The topological polar surface area (TPSA) is 61.8 Å². The fourth-order valence-corrected chi connectivity index (χ4v) is 6.96. The maximum Gasteiger partial charge on any atom is 0.175 e. The van der Waals surface area contributed by atoms with Gasteiger partial charge in [0.1, 0.15) is 5.75 Å². The lowest BCUT2D eigenvalue weighted by molar-refractivity contribution is 0.122. The van der Waals surface area contributed by atoms with Crippen molar-refractivity contribution in [2.45, 2.75) is 0 Å². The third kappa shape index (κ3) is 2.70. The second kappa shape index (κ2) is 6.69. The molecule has 142 valence electrons. The van der Waals surface area contributed by atoms with Crippen LogP contribution in [-0.2, 0) is 9.30 Å². The average Bonchev–Trinajstić information content (AvgIpc) is 2.75. The molecule has 0 aliphatic carbocycles. The molecule has 2 heterocycles. The molecule has 1 saturated heterocycles. The fourth-order valence-electron chi connectivity index (χ4n) is 3.98. The van der Waals surface area contributed by atoms with E-state index in [0.717, 1.165) is 40.8 Å². The summed E-state index contributed by atoms with van der Waals surface area (Å²) in [4.78, 5) is 2.26. The van der Waals surface area contributed by atoms with Gasteiger partial charge in [0.2, 0.25) is 0 Å². The molecule has 1 atom stereocenters. The molecule has 5 nitrogen and oxygen atoms in total. The lowest BCUT2D eigenvalue weighted by atomic mass is 10.2. The Morgan fingerprint density at radius 2 is 1.57 bits per heavy atom. The van der Waals surface area contributed by atoms with Gasteiger partial charge in [-0.2, -0.15) is 0 Å². The third-order valence-corrected chi connectivity index (χ3v) is 8.53. The van der Waals surface area contributed by atoms with Crippen LogP contribution in [0.25, 0.3) is 0 Å². The van der Waals surface area contributed by atoms with E-state index < -0.39 is 7.14 Å². The fraction of sp³-hybridized carbons (Fsp3) is 0.182. The Balaban J connectivity index is 1.73. The van der Waals surface area contributed by atoms with E-state index in [9.17, 15) is 9.67 Å². The van der Waals surface area contributed by atoms with Gasteiger partial charge in [0.25, 0.3) is 0 Å². The Morgan fingerprint density at radius 1 is 0.893 bits per heavy atom. The van der Waals surface area contributed by atoms with E-state index in [-0.39, 0.29) is 5.75 Å². The van der Waals surface area contributed by atoms with E-state index >= 15 is 0 Å². The van der Waals surface area contributed by atoms with E-state index in [1.54, 1.807) is 18.2 Å². The van der Waals surface area contributed by atoms with Gasteiger partial charge in [0.05, 0.1) is 24.6 Å². The van der Waals surface area contributed by atoms with Gasteiger partial charge in [0.15, 0.2) is 7.14 Å². The van der Waals surface area contributed by atoms with Crippen molar-refractivity contribution in [2.75, 3.05) is 36.5 Å². The number of benzene rings is 3. The SMILES string of the molecule is O=P1(c2ccccc2)c2cc(O)ccc2Nc2ccc(N3CCOCC3)cc21. The number of hydrogen-bond donors (Lipinski definition) is 2. The van der Waals surface area contributed by atoms with E-state index in [4.69, 9.17) is 4.74 Å². The first-order valence-electron chi connectivity index (χ1n) is 9.40. The molecule has 0 radical (unpaired) electrons. The lowest BCUT2D eigenvalue weighted by Crippen LogP contribution is -2.37. The van der Waals surface area contributed by atoms with Gasteiger partial charge in [-0.25, -0.2) is 0 Å². The standard InChI is InChI=1S/C22H21N2O3P/c25-17-7-9-20-22(15-17)28(26,18-4-2-1-3-5-18)21-14-16(6-8-19(21)23-20)24-10-12-27-13-11-24/h1-9,14-15,23,25H,10-13H2. The van der Waals surface area contributed by atoms with E-state index in [1.807, 2.05) is 42.5 Å². The molecule has 2 aliphatic rings. The molecule has 1 unspecified atom stereocenters. The van der Waals surface area contributed by atoms with Crippen LogP contribution in [-0.4, -0.2) is 31.4 Å². The number of nitrogens with zero attached hydrogens (tertiary/aromatic N) is 1. The summed E-state index contributed by atoms with van der Waals surface area (Å²) < 4.78 is 20.1. The highest BCUT2D eigenvalue weighted by atomic mass is 31.2. The van der Waals surface area contributed by atoms with Gasteiger partial charge in [-0.15, -0.1) is 0 Å². The van der Waals surface area contributed by atoms with Crippen molar-refractivity contribution < 1.29 is 14.4 Å².